The molecule has 24 heavy (non-hydrogen) atoms. The van der Waals surface area contributed by atoms with Crippen molar-refractivity contribution in [2.45, 2.75) is 66.7 Å². The van der Waals surface area contributed by atoms with Crippen LogP contribution in [0.25, 0.3) is 0 Å². The van der Waals surface area contributed by atoms with Crippen molar-refractivity contribution in [3.8, 4) is 5.75 Å². The van der Waals surface area contributed by atoms with Crippen molar-refractivity contribution in [3.05, 3.63) is 65.2 Å². The van der Waals surface area contributed by atoms with Crippen molar-refractivity contribution in [1.82, 2.24) is 0 Å². The number of hydrogen-bond acceptors (Lipinski definition) is 1. The molecule has 2 aromatic carbocycles. The summed E-state index contributed by atoms with van der Waals surface area (Å²) in [5.74, 6) is 0.919. The first-order valence-corrected chi connectivity index (χ1v) is 8.26. The lowest BCUT2D eigenvalue weighted by atomic mass is 9.87. The summed E-state index contributed by atoms with van der Waals surface area (Å²) in [7, 11) is 1.69. The van der Waals surface area contributed by atoms with Crippen molar-refractivity contribution < 1.29 is 4.74 Å². The van der Waals surface area contributed by atoms with Crippen LogP contribution in [0.1, 0.15) is 65.7 Å². The van der Waals surface area contributed by atoms with Crippen LogP contribution in [0.15, 0.2) is 48.5 Å². The topological polar surface area (TPSA) is 9.23 Å². The zero-order chi connectivity index (χ0) is 17.7. The highest BCUT2D eigenvalue weighted by Crippen LogP contribution is 2.24. The van der Waals surface area contributed by atoms with Crippen LogP contribution in [0, 0.1) is 6.92 Å². The second-order valence-corrected chi connectivity index (χ2v) is 8.09. The van der Waals surface area contributed by atoms with Gasteiger partial charge in [-0.2, -0.15) is 0 Å². The molecule has 0 spiro atoms. The largest absolute Gasteiger partial charge is 0.497 e. The van der Waals surface area contributed by atoms with Crippen molar-refractivity contribution in [3.63, 3.8) is 0 Å². The molecular weight excluding hydrogens is 292 g/mol. The van der Waals surface area contributed by atoms with Gasteiger partial charge in [0.15, 0.2) is 0 Å². The first kappa shape index (κ1) is 22.2. The number of hydrogen-bond donors (Lipinski definition) is 0. The van der Waals surface area contributed by atoms with Crippen molar-refractivity contribution >= 4 is 0 Å². The summed E-state index contributed by atoms with van der Waals surface area (Å²) < 4.78 is 5.08. The Labute approximate surface area is 150 Å². The molecule has 0 amide bonds. The van der Waals surface area contributed by atoms with Gasteiger partial charge in [-0.3, -0.25) is 0 Å². The molecule has 0 aliphatic rings. The molecule has 0 unspecified atom stereocenters. The van der Waals surface area contributed by atoms with Gasteiger partial charge in [0.05, 0.1) is 7.11 Å². The fourth-order valence-corrected chi connectivity index (χ4v) is 2.14. The minimum Gasteiger partial charge on any atom is -0.497 e. The van der Waals surface area contributed by atoms with Gasteiger partial charge >= 0.3 is 0 Å². The lowest BCUT2D eigenvalue weighted by molar-refractivity contribution is 0.414. The van der Waals surface area contributed by atoms with Gasteiger partial charge in [0.25, 0.3) is 0 Å². The van der Waals surface area contributed by atoms with E-state index >= 15 is 0 Å². The summed E-state index contributed by atoms with van der Waals surface area (Å²) in [5.41, 5.74) is 4.59. The van der Waals surface area contributed by atoms with Gasteiger partial charge < -0.3 is 4.74 Å². The molecule has 0 saturated carbocycles. The Balaban J connectivity index is 0.000000425. The molecule has 2 rings (SSSR count). The Morgan fingerprint density at radius 1 is 0.625 bits per heavy atom. The molecule has 0 fully saturated rings. The number of ether oxygens (including phenoxy) is 1. The summed E-state index contributed by atoms with van der Waals surface area (Å²) >= 11 is 0. The molecule has 0 bridgehead atoms. The van der Waals surface area contributed by atoms with E-state index in [-0.39, 0.29) is 18.3 Å². The highest BCUT2D eigenvalue weighted by Gasteiger charge is 2.13. The van der Waals surface area contributed by atoms with Gasteiger partial charge in [0.2, 0.25) is 0 Å². The molecule has 0 aromatic heterocycles. The van der Waals surface area contributed by atoms with Crippen LogP contribution in [-0.2, 0) is 10.8 Å². The quantitative estimate of drug-likeness (QED) is 0.552. The second-order valence-electron chi connectivity index (χ2n) is 8.09. The summed E-state index contributed by atoms with van der Waals surface area (Å²) in [6, 6.07) is 17.0. The van der Waals surface area contributed by atoms with E-state index in [9.17, 15) is 0 Å². The van der Waals surface area contributed by atoms with Crippen molar-refractivity contribution in [2.75, 3.05) is 7.11 Å². The molecule has 0 aliphatic heterocycles. The third kappa shape index (κ3) is 7.21. The first-order chi connectivity index (χ1) is 10.5. The lowest BCUT2D eigenvalue weighted by Gasteiger charge is -2.18. The summed E-state index contributed by atoms with van der Waals surface area (Å²) in [5, 5.41) is 0. The van der Waals surface area contributed by atoms with Gasteiger partial charge in [-0.05, 0) is 41.0 Å². The van der Waals surface area contributed by atoms with Gasteiger partial charge in [-0.15, -0.1) is 0 Å². The smallest absolute Gasteiger partial charge is 0.118 e. The van der Waals surface area contributed by atoms with Crippen LogP contribution in [0.4, 0.5) is 0 Å². The predicted molar refractivity (Wildman–Crippen MR) is 108 cm³/mol. The standard InChI is InChI=1S/C11H16O.C11H16.CH4/c1-11(2,3)9-5-7-10(12-4)8-6-9;1-9-5-7-10(8-6-9)11(2,3)4;/h5-8H,1-4H3;5-8H,1-4H3;1H4. The van der Waals surface area contributed by atoms with Crippen molar-refractivity contribution in [2.24, 2.45) is 0 Å². The normalized spacial score (nSPS) is 11.0. The van der Waals surface area contributed by atoms with E-state index in [1.165, 1.54) is 16.7 Å². The maximum Gasteiger partial charge on any atom is 0.118 e. The molecule has 0 radical (unpaired) electrons. The van der Waals surface area contributed by atoms with E-state index < -0.39 is 0 Å². The lowest BCUT2D eigenvalue weighted by Crippen LogP contribution is -2.10. The van der Waals surface area contributed by atoms with Crippen LogP contribution in [0.5, 0.6) is 5.75 Å². The molecule has 134 valence electrons. The van der Waals surface area contributed by atoms with Crippen LogP contribution >= 0.6 is 0 Å². The molecule has 2 aromatic rings. The Kier molecular flexibility index (Phi) is 8.26. The first-order valence-electron chi connectivity index (χ1n) is 8.26. The summed E-state index contributed by atoms with van der Waals surface area (Å²) in [6.45, 7) is 15.4. The van der Waals surface area contributed by atoms with E-state index in [1.54, 1.807) is 7.11 Å². The molecule has 0 N–H and O–H groups in total. The van der Waals surface area contributed by atoms with Crippen LogP contribution in [0.2, 0.25) is 0 Å². The third-order valence-electron chi connectivity index (χ3n) is 3.87. The maximum atomic E-state index is 5.08. The molecule has 1 heteroatoms. The number of benzene rings is 2. The number of methoxy groups -OCH3 is 1. The highest BCUT2D eigenvalue weighted by atomic mass is 16.5. The van der Waals surface area contributed by atoms with E-state index in [1.807, 2.05) is 12.1 Å². The maximum absolute atomic E-state index is 5.08. The summed E-state index contributed by atoms with van der Waals surface area (Å²) in [6.07, 6.45) is 0. The van der Waals surface area contributed by atoms with Crippen LogP contribution in [0.3, 0.4) is 0 Å². The Hall–Kier alpha value is -1.76. The van der Waals surface area contributed by atoms with Gasteiger partial charge in [0.1, 0.15) is 5.75 Å². The second kappa shape index (κ2) is 8.92. The predicted octanol–water partition coefficient (Wildman–Crippen LogP) is 6.92. The number of rotatable bonds is 1. The molecule has 0 heterocycles. The molecule has 1 nitrogen and oxygen atoms in total. The van der Waals surface area contributed by atoms with Gasteiger partial charge in [0, 0.05) is 0 Å². The minimum absolute atomic E-state index is 0. The average molecular weight is 329 g/mol. The van der Waals surface area contributed by atoms with Crippen molar-refractivity contribution in [1.29, 1.82) is 0 Å². The molecule has 0 aliphatic carbocycles. The SMILES string of the molecule is C.COc1ccc(C(C)(C)C)cc1.Cc1ccc(C(C)(C)C)cc1. The van der Waals surface area contributed by atoms with Crippen LogP contribution < -0.4 is 4.74 Å². The Bertz CT molecular complexity index is 578. The Morgan fingerprint density at radius 3 is 1.25 bits per heavy atom. The zero-order valence-corrected chi connectivity index (χ0v) is 16.0. The van der Waals surface area contributed by atoms with E-state index in [4.69, 9.17) is 4.74 Å². The monoisotopic (exact) mass is 328 g/mol. The zero-order valence-electron chi connectivity index (χ0n) is 16.0. The third-order valence-corrected chi connectivity index (χ3v) is 3.87. The van der Waals surface area contributed by atoms with E-state index in [0.717, 1.165) is 5.75 Å². The van der Waals surface area contributed by atoms with Gasteiger partial charge in [-0.1, -0.05) is 90.9 Å². The fourth-order valence-electron chi connectivity index (χ4n) is 2.14. The van der Waals surface area contributed by atoms with Crippen LogP contribution in [-0.4, -0.2) is 7.11 Å². The van der Waals surface area contributed by atoms with E-state index in [0.29, 0.717) is 0 Å². The van der Waals surface area contributed by atoms with Gasteiger partial charge in [-0.25, -0.2) is 0 Å². The minimum atomic E-state index is 0. The van der Waals surface area contributed by atoms with E-state index in [2.05, 4.69) is 84.9 Å². The number of aryl methyl sites for hydroxylation is 1. The highest BCUT2D eigenvalue weighted by molar-refractivity contribution is 5.31. The molecule has 0 atom stereocenters. The Morgan fingerprint density at radius 2 is 0.958 bits per heavy atom. The molecular formula is C23H36O. The molecule has 0 saturated heterocycles. The average Bonchev–Trinajstić information content (AvgIpc) is 2.46. The summed E-state index contributed by atoms with van der Waals surface area (Å²) in [4.78, 5) is 0. The fraction of sp³-hybridized carbons (Fsp3) is 0.478.